The lowest BCUT2D eigenvalue weighted by molar-refractivity contribution is -0.0703. The van der Waals surface area contributed by atoms with Crippen LogP contribution in [0.5, 0.6) is 0 Å². The maximum absolute atomic E-state index is 6.26. The highest BCUT2D eigenvalue weighted by Gasteiger charge is 2.46. The summed E-state index contributed by atoms with van der Waals surface area (Å²) in [7, 11) is 0. The molecule has 1 fully saturated rings. The van der Waals surface area contributed by atoms with E-state index in [9.17, 15) is 0 Å². The van der Waals surface area contributed by atoms with E-state index in [1.54, 1.807) is 0 Å². The van der Waals surface area contributed by atoms with E-state index in [2.05, 4.69) is 46.0 Å². The maximum Gasteiger partial charge on any atom is 0.0787 e. The van der Waals surface area contributed by atoms with E-state index in [4.69, 9.17) is 16.3 Å². The predicted octanol–water partition coefficient (Wildman–Crippen LogP) is 4.34. The maximum atomic E-state index is 6.26. The minimum absolute atomic E-state index is 0.0681. The molecule has 0 saturated carbocycles. The quantitative estimate of drug-likeness (QED) is 0.890. The van der Waals surface area contributed by atoms with E-state index >= 15 is 0 Å². The Bertz CT molecular complexity index is 456. The molecule has 2 nitrogen and oxygen atoms in total. The predicted molar refractivity (Wildman–Crippen MR) is 80.7 cm³/mol. The molecule has 0 radical (unpaired) electrons. The number of nitrogens with one attached hydrogen (secondary N) is 1. The summed E-state index contributed by atoms with van der Waals surface area (Å²) in [6.07, 6.45) is 1.01. The lowest BCUT2D eigenvalue weighted by atomic mass is 9.93. The number of hydrogen-bond acceptors (Lipinski definition) is 2. The smallest absolute Gasteiger partial charge is 0.0787 e. The molecular formula is C16H24ClNO. The van der Waals surface area contributed by atoms with Crippen LogP contribution in [0.1, 0.15) is 52.6 Å². The Morgan fingerprint density at radius 3 is 2.42 bits per heavy atom. The molecule has 1 unspecified atom stereocenters. The van der Waals surface area contributed by atoms with Crippen molar-refractivity contribution in [3.8, 4) is 0 Å². The molecule has 1 aromatic rings. The van der Waals surface area contributed by atoms with Crippen molar-refractivity contribution in [2.75, 3.05) is 0 Å². The molecule has 1 N–H and O–H groups in total. The Morgan fingerprint density at radius 2 is 1.89 bits per heavy atom. The van der Waals surface area contributed by atoms with E-state index < -0.39 is 0 Å². The first-order valence-electron chi connectivity index (χ1n) is 6.92. The van der Waals surface area contributed by atoms with Gasteiger partial charge in [0, 0.05) is 17.1 Å². The first-order valence-corrected chi connectivity index (χ1v) is 7.30. The summed E-state index contributed by atoms with van der Waals surface area (Å²) in [4.78, 5) is 0. The van der Waals surface area contributed by atoms with Gasteiger partial charge in [-0.25, -0.2) is 0 Å². The molecule has 0 bridgehead atoms. The van der Waals surface area contributed by atoms with Gasteiger partial charge >= 0.3 is 0 Å². The number of halogens is 1. The minimum Gasteiger partial charge on any atom is -0.368 e. The van der Waals surface area contributed by atoms with Crippen LogP contribution < -0.4 is 5.32 Å². The summed E-state index contributed by atoms with van der Waals surface area (Å²) in [6, 6.07) is 8.55. The molecule has 0 aromatic heterocycles. The van der Waals surface area contributed by atoms with Crippen LogP contribution in [0, 0.1) is 0 Å². The lowest BCUT2D eigenvalue weighted by Crippen LogP contribution is -2.44. The highest BCUT2D eigenvalue weighted by atomic mass is 35.5. The molecule has 1 aliphatic heterocycles. The van der Waals surface area contributed by atoms with Crippen molar-refractivity contribution in [1.82, 2.24) is 5.32 Å². The summed E-state index contributed by atoms with van der Waals surface area (Å²) in [5.41, 5.74) is 0.921. The average Bonchev–Trinajstić information content (AvgIpc) is 2.47. The van der Waals surface area contributed by atoms with Crippen LogP contribution in [-0.2, 0) is 4.74 Å². The number of rotatable bonds is 3. The standard InChI is InChI=1S/C16H24ClNO/c1-11(12-8-6-7-9-13(12)17)18-14-10-15(2,3)19-16(14,4)5/h6-9,11,14,18H,10H2,1-5H3/t11-,14?/m0/s1. The molecule has 0 amide bonds. The molecular weight excluding hydrogens is 258 g/mol. The molecule has 3 heteroatoms. The number of benzene rings is 1. The van der Waals surface area contributed by atoms with Crippen molar-refractivity contribution in [3.63, 3.8) is 0 Å². The molecule has 2 rings (SSSR count). The van der Waals surface area contributed by atoms with Gasteiger partial charge in [-0.05, 0) is 52.7 Å². The van der Waals surface area contributed by atoms with E-state index in [0.717, 1.165) is 17.0 Å². The van der Waals surface area contributed by atoms with Crippen LogP contribution >= 0.6 is 11.6 Å². The van der Waals surface area contributed by atoms with Crippen molar-refractivity contribution < 1.29 is 4.74 Å². The summed E-state index contributed by atoms with van der Waals surface area (Å²) in [5, 5.41) is 4.49. The lowest BCUT2D eigenvalue weighted by Gasteiger charge is -2.30. The Morgan fingerprint density at radius 1 is 1.26 bits per heavy atom. The molecule has 1 aromatic carbocycles. The third kappa shape index (κ3) is 3.31. The van der Waals surface area contributed by atoms with Gasteiger partial charge < -0.3 is 10.1 Å². The second kappa shape index (κ2) is 5.08. The Balaban J connectivity index is 2.12. The fraction of sp³-hybridized carbons (Fsp3) is 0.625. The zero-order chi connectivity index (χ0) is 14.3. The van der Waals surface area contributed by atoms with Gasteiger partial charge in [-0.3, -0.25) is 0 Å². The van der Waals surface area contributed by atoms with Crippen molar-refractivity contribution in [2.24, 2.45) is 0 Å². The van der Waals surface area contributed by atoms with Crippen LogP contribution in [-0.4, -0.2) is 17.2 Å². The summed E-state index contributed by atoms with van der Waals surface area (Å²) < 4.78 is 6.12. The SMILES string of the molecule is C[C@H](NC1CC(C)(C)OC1(C)C)c1ccccc1Cl. The van der Waals surface area contributed by atoms with Crippen molar-refractivity contribution >= 4 is 11.6 Å². The third-order valence-corrected chi connectivity index (χ3v) is 4.24. The van der Waals surface area contributed by atoms with Gasteiger partial charge in [0.25, 0.3) is 0 Å². The van der Waals surface area contributed by atoms with Crippen molar-refractivity contribution in [2.45, 2.75) is 64.3 Å². The van der Waals surface area contributed by atoms with E-state index in [-0.39, 0.29) is 17.2 Å². The second-order valence-electron chi connectivity index (χ2n) is 6.63. The molecule has 1 heterocycles. The van der Waals surface area contributed by atoms with Gasteiger partial charge in [0.2, 0.25) is 0 Å². The zero-order valence-corrected chi connectivity index (χ0v) is 13.2. The van der Waals surface area contributed by atoms with Gasteiger partial charge in [0.15, 0.2) is 0 Å². The minimum atomic E-state index is -0.154. The number of hydrogen-bond donors (Lipinski definition) is 1. The summed E-state index contributed by atoms with van der Waals surface area (Å²) in [6.45, 7) is 10.8. The molecule has 1 saturated heterocycles. The molecule has 106 valence electrons. The summed E-state index contributed by atoms with van der Waals surface area (Å²) >= 11 is 6.26. The van der Waals surface area contributed by atoms with Gasteiger partial charge in [-0.2, -0.15) is 0 Å². The van der Waals surface area contributed by atoms with Crippen LogP contribution in [0.3, 0.4) is 0 Å². The van der Waals surface area contributed by atoms with E-state index in [0.29, 0.717) is 6.04 Å². The molecule has 2 atom stereocenters. The molecule has 0 spiro atoms. The third-order valence-electron chi connectivity index (χ3n) is 3.90. The monoisotopic (exact) mass is 281 g/mol. The van der Waals surface area contributed by atoms with Crippen molar-refractivity contribution in [3.05, 3.63) is 34.9 Å². The fourth-order valence-corrected chi connectivity index (χ4v) is 3.34. The Hall–Kier alpha value is -0.570. The molecule has 0 aliphatic carbocycles. The Labute approximate surface area is 121 Å². The second-order valence-corrected chi connectivity index (χ2v) is 7.04. The Kier molecular flexibility index (Phi) is 3.97. The van der Waals surface area contributed by atoms with Gasteiger partial charge in [-0.1, -0.05) is 29.8 Å². The fourth-order valence-electron chi connectivity index (χ4n) is 3.04. The van der Waals surface area contributed by atoms with Crippen LogP contribution in [0.2, 0.25) is 5.02 Å². The first kappa shape index (κ1) is 14.8. The average molecular weight is 282 g/mol. The van der Waals surface area contributed by atoms with Gasteiger partial charge in [-0.15, -0.1) is 0 Å². The van der Waals surface area contributed by atoms with Gasteiger partial charge in [0.05, 0.1) is 11.2 Å². The normalized spacial score (nSPS) is 26.3. The molecule has 1 aliphatic rings. The van der Waals surface area contributed by atoms with Gasteiger partial charge in [0.1, 0.15) is 0 Å². The van der Waals surface area contributed by atoms with E-state index in [1.165, 1.54) is 0 Å². The van der Waals surface area contributed by atoms with Crippen LogP contribution in [0.4, 0.5) is 0 Å². The largest absolute Gasteiger partial charge is 0.368 e. The van der Waals surface area contributed by atoms with Crippen molar-refractivity contribution in [1.29, 1.82) is 0 Å². The first-order chi connectivity index (χ1) is 8.71. The highest BCUT2D eigenvalue weighted by Crippen LogP contribution is 2.38. The summed E-state index contributed by atoms with van der Waals surface area (Å²) in [5.74, 6) is 0. The topological polar surface area (TPSA) is 21.3 Å². The highest BCUT2D eigenvalue weighted by molar-refractivity contribution is 6.31. The van der Waals surface area contributed by atoms with E-state index in [1.807, 2.05) is 18.2 Å². The van der Waals surface area contributed by atoms with Crippen LogP contribution in [0.25, 0.3) is 0 Å². The van der Waals surface area contributed by atoms with Crippen LogP contribution in [0.15, 0.2) is 24.3 Å². The molecule has 19 heavy (non-hydrogen) atoms. The number of ether oxygens (including phenoxy) is 1. The zero-order valence-electron chi connectivity index (χ0n) is 12.5.